The van der Waals surface area contributed by atoms with Gasteiger partial charge in [0, 0.05) is 22.7 Å². The third kappa shape index (κ3) is 3.63. The fraction of sp³-hybridized carbons (Fsp3) is 0.0500. The minimum Gasteiger partial charge on any atom is -0.368 e. The zero-order valence-electron chi connectivity index (χ0n) is 14.3. The molecule has 2 amide bonds. The Balaban J connectivity index is 1.69. The van der Waals surface area contributed by atoms with Crippen molar-refractivity contribution < 1.29 is 9.59 Å². The molecule has 0 atom stereocenters. The van der Waals surface area contributed by atoms with Crippen LogP contribution in [0.25, 0.3) is 17.0 Å². The number of hydrogen-bond acceptors (Lipinski definition) is 4. The summed E-state index contributed by atoms with van der Waals surface area (Å²) in [6, 6.07) is 17.1. The summed E-state index contributed by atoms with van der Waals surface area (Å²) in [5.74, 6) is -0.610. The molecule has 1 aromatic heterocycles. The lowest BCUT2D eigenvalue weighted by atomic mass is 10.1. The number of benzene rings is 2. The average molecular weight is 376 g/mol. The van der Waals surface area contributed by atoms with Gasteiger partial charge in [-0.2, -0.15) is 0 Å². The van der Waals surface area contributed by atoms with Gasteiger partial charge in [-0.1, -0.05) is 36.4 Å². The van der Waals surface area contributed by atoms with Crippen molar-refractivity contribution in [3.05, 3.63) is 71.3 Å². The van der Waals surface area contributed by atoms with Crippen LogP contribution in [0.4, 0.5) is 5.69 Å². The van der Waals surface area contributed by atoms with E-state index >= 15 is 0 Å². The Morgan fingerprint density at radius 3 is 2.67 bits per heavy atom. The van der Waals surface area contributed by atoms with Crippen molar-refractivity contribution in [3.8, 4) is 0 Å². The summed E-state index contributed by atoms with van der Waals surface area (Å²) >= 11 is 1.29. The minimum absolute atomic E-state index is 0.0870. The van der Waals surface area contributed by atoms with Gasteiger partial charge >= 0.3 is 0 Å². The molecule has 0 spiro atoms. The van der Waals surface area contributed by atoms with E-state index in [1.54, 1.807) is 4.57 Å². The van der Waals surface area contributed by atoms with Crippen LogP contribution in [-0.4, -0.2) is 21.5 Å². The number of aliphatic imine (C=N–C) groups is 1. The Morgan fingerprint density at radius 1 is 1.15 bits per heavy atom. The number of amidine groups is 1. The normalized spacial score (nSPS) is 17.0. The molecule has 2 heterocycles. The maximum atomic E-state index is 12.3. The summed E-state index contributed by atoms with van der Waals surface area (Å²) in [6.45, 7) is 0.0870. The summed E-state index contributed by atoms with van der Waals surface area (Å²) < 4.78 is 1.79. The molecule has 7 heteroatoms. The standard InChI is InChI=1S/C20H16N4O2S/c21-18(25)12-24-11-13(15-8-4-5-9-16(15)24)10-17-19(26)23-20(27-17)22-14-6-2-1-3-7-14/h1-11H,12H2,(H2,21,25)(H,22,23,26)/b17-10-. The predicted octanol–water partition coefficient (Wildman–Crippen LogP) is 3.02. The third-order valence-corrected chi connectivity index (χ3v) is 4.98. The lowest BCUT2D eigenvalue weighted by Gasteiger charge is -2.00. The molecule has 0 unspecified atom stereocenters. The zero-order valence-corrected chi connectivity index (χ0v) is 15.1. The van der Waals surface area contributed by atoms with Crippen LogP contribution in [0.15, 0.2) is 70.7 Å². The quantitative estimate of drug-likeness (QED) is 0.686. The summed E-state index contributed by atoms with van der Waals surface area (Å²) in [5.41, 5.74) is 7.87. The molecule has 1 fully saturated rings. The van der Waals surface area contributed by atoms with E-state index in [2.05, 4.69) is 10.3 Å². The van der Waals surface area contributed by atoms with Crippen LogP contribution in [0, 0.1) is 0 Å². The lowest BCUT2D eigenvalue weighted by molar-refractivity contribution is -0.118. The van der Waals surface area contributed by atoms with Gasteiger partial charge in [0.1, 0.15) is 6.54 Å². The van der Waals surface area contributed by atoms with Crippen LogP contribution < -0.4 is 11.1 Å². The second kappa shape index (κ2) is 7.13. The number of nitrogens with one attached hydrogen (secondary N) is 1. The molecule has 0 radical (unpaired) electrons. The maximum absolute atomic E-state index is 12.3. The van der Waals surface area contributed by atoms with Crippen LogP contribution >= 0.6 is 11.8 Å². The third-order valence-electron chi connectivity index (χ3n) is 4.07. The van der Waals surface area contributed by atoms with E-state index in [-0.39, 0.29) is 12.5 Å². The molecule has 1 aliphatic rings. The number of carbonyl (C=O) groups is 2. The molecule has 3 N–H and O–H groups in total. The monoisotopic (exact) mass is 376 g/mol. The van der Waals surface area contributed by atoms with Gasteiger partial charge in [0.15, 0.2) is 5.17 Å². The number of rotatable bonds is 4. The second-order valence-electron chi connectivity index (χ2n) is 6.01. The molecule has 6 nitrogen and oxygen atoms in total. The van der Waals surface area contributed by atoms with Gasteiger partial charge in [-0.05, 0) is 36.0 Å². The topological polar surface area (TPSA) is 89.5 Å². The van der Waals surface area contributed by atoms with E-state index < -0.39 is 5.91 Å². The van der Waals surface area contributed by atoms with Gasteiger partial charge in [0.2, 0.25) is 5.91 Å². The van der Waals surface area contributed by atoms with E-state index in [1.165, 1.54) is 11.8 Å². The smallest absolute Gasteiger partial charge is 0.264 e. The Kier molecular flexibility index (Phi) is 4.52. The number of primary amides is 1. The number of carbonyl (C=O) groups excluding carboxylic acids is 2. The number of amides is 2. The van der Waals surface area contributed by atoms with Gasteiger partial charge in [0.05, 0.1) is 10.6 Å². The SMILES string of the molecule is NC(=O)Cn1cc(/C=C2\SC(=Nc3ccccc3)NC2=O)c2ccccc21. The Labute approximate surface area is 159 Å². The van der Waals surface area contributed by atoms with E-state index in [1.807, 2.05) is 66.9 Å². The van der Waals surface area contributed by atoms with Crippen LogP contribution in [-0.2, 0) is 16.1 Å². The Morgan fingerprint density at radius 2 is 1.89 bits per heavy atom. The van der Waals surface area contributed by atoms with Gasteiger partial charge in [-0.15, -0.1) is 0 Å². The Bertz CT molecular complexity index is 1100. The molecule has 134 valence electrons. The number of aromatic nitrogens is 1. The molecule has 0 aliphatic carbocycles. The molecule has 4 rings (SSSR count). The predicted molar refractivity (Wildman–Crippen MR) is 108 cm³/mol. The van der Waals surface area contributed by atoms with Crippen molar-refractivity contribution in [2.75, 3.05) is 0 Å². The first-order chi connectivity index (χ1) is 13.1. The number of nitrogens with zero attached hydrogens (tertiary/aromatic N) is 2. The number of thioether (sulfide) groups is 1. The summed E-state index contributed by atoms with van der Waals surface area (Å²) in [5, 5.41) is 4.28. The van der Waals surface area contributed by atoms with E-state index in [0.717, 1.165) is 22.2 Å². The lowest BCUT2D eigenvalue weighted by Crippen LogP contribution is -2.19. The molecule has 1 saturated heterocycles. The Hall–Kier alpha value is -3.32. The van der Waals surface area contributed by atoms with E-state index in [9.17, 15) is 9.59 Å². The number of hydrogen-bond donors (Lipinski definition) is 2. The van der Waals surface area contributed by atoms with Crippen molar-refractivity contribution in [2.45, 2.75) is 6.54 Å². The molecule has 3 aromatic rings. The minimum atomic E-state index is -0.416. The van der Waals surface area contributed by atoms with E-state index in [4.69, 9.17) is 5.73 Å². The highest BCUT2D eigenvalue weighted by atomic mass is 32.2. The zero-order chi connectivity index (χ0) is 18.8. The van der Waals surface area contributed by atoms with Gasteiger partial charge in [-0.25, -0.2) is 4.99 Å². The highest BCUT2D eigenvalue weighted by Gasteiger charge is 2.24. The van der Waals surface area contributed by atoms with Gasteiger partial charge < -0.3 is 15.6 Å². The average Bonchev–Trinajstić information content (AvgIpc) is 3.16. The fourth-order valence-electron chi connectivity index (χ4n) is 2.93. The molecular weight excluding hydrogens is 360 g/mol. The highest BCUT2D eigenvalue weighted by Crippen LogP contribution is 2.31. The molecular formula is C20H16N4O2S. The maximum Gasteiger partial charge on any atom is 0.264 e. The largest absolute Gasteiger partial charge is 0.368 e. The molecule has 2 aromatic carbocycles. The highest BCUT2D eigenvalue weighted by molar-refractivity contribution is 8.18. The summed E-state index contributed by atoms with van der Waals surface area (Å²) in [6.07, 6.45) is 3.65. The summed E-state index contributed by atoms with van der Waals surface area (Å²) in [4.78, 5) is 28.7. The van der Waals surface area contributed by atoms with Crippen molar-refractivity contribution in [3.63, 3.8) is 0 Å². The molecule has 0 bridgehead atoms. The first-order valence-corrected chi connectivity index (χ1v) is 9.12. The molecule has 1 aliphatic heterocycles. The first kappa shape index (κ1) is 17.1. The van der Waals surface area contributed by atoms with Crippen molar-refractivity contribution >= 4 is 51.4 Å². The van der Waals surface area contributed by atoms with Crippen molar-refractivity contribution in [2.24, 2.45) is 10.7 Å². The number of nitrogens with two attached hydrogens (primary N) is 1. The molecule has 0 saturated carbocycles. The second-order valence-corrected chi connectivity index (χ2v) is 7.04. The molecule has 27 heavy (non-hydrogen) atoms. The van der Waals surface area contributed by atoms with Crippen LogP contribution in [0.1, 0.15) is 5.56 Å². The summed E-state index contributed by atoms with van der Waals surface area (Å²) in [7, 11) is 0. The number of para-hydroxylation sites is 2. The van der Waals surface area contributed by atoms with Crippen molar-refractivity contribution in [1.29, 1.82) is 0 Å². The number of fused-ring (bicyclic) bond motifs is 1. The van der Waals surface area contributed by atoms with Gasteiger partial charge in [0.25, 0.3) is 5.91 Å². The first-order valence-electron chi connectivity index (χ1n) is 8.31. The van der Waals surface area contributed by atoms with Crippen LogP contribution in [0.2, 0.25) is 0 Å². The van der Waals surface area contributed by atoms with Crippen LogP contribution in [0.3, 0.4) is 0 Å². The fourth-order valence-corrected chi connectivity index (χ4v) is 3.76. The van der Waals surface area contributed by atoms with Crippen LogP contribution in [0.5, 0.6) is 0 Å². The van der Waals surface area contributed by atoms with Gasteiger partial charge in [-0.3, -0.25) is 9.59 Å². The van der Waals surface area contributed by atoms with Crippen molar-refractivity contribution in [1.82, 2.24) is 9.88 Å². The van der Waals surface area contributed by atoms with E-state index in [0.29, 0.717) is 10.1 Å².